The molecule has 1 aliphatic carbocycles. The summed E-state index contributed by atoms with van der Waals surface area (Å²) in [6.45, 7) is 6.40. The molecule has 4 rings (SSSR count). The first kappa shape index (κ1) is 12.9. The van der Waals surface area contributed by atoms with E-state index in [0.29, 0.717) is 6.04 Å². The van der Waals surface area contributed by atoms with Gasteiger partial charge in [0, 0.05) is 10.9 Å². The summed E-state index contributed by atoms with van der Waals surface area (Å²) >= 11 is 1.67. The number of hydrogen-bond donors (Lipinski definition) is 1. The fraction of sp³-hybridized carbons (Fsp3) is 0.353. The Morgan fingerprint density at radius 1 is 1.24 bits per heavy atom. The summed E-state index contributed by atoms with van der Waals surface area (Å²) in [7, 11) is 0. The minimum Gasteiger partial charge on any atom is -0.390 e. The van der Waals surface area contributed by atoms with Crippen molar-refractivity contribution in [2.75, 3.05) is 5.73 Å². The molecule has 0 spiro atoms. The van der Waals surface area contributed by atoms with Crippen LogP contribution in [0, 0.1) is 20.8 Å². The van der Waals surface area contributed by atoms with Crippen LogP contribution in [0.15, 0.2) is 18.2 Å². The Labute approximate surface area is 128 Å². The molecule has 0 bridgehead atoms. The van der Waals surface area contributed by atoms with Crippen molar-refractivity contribution in [2.24, 2.45) is 0 Å². The Morgan fingerprint density at radius 2 is 2.00 bits per heavy atom. The van der Waals surface area contributed by atoms with Gasteiger partial charge in [0.2, 0.25) is 0 Å². The number of nitrogens with zero attached hydrogens (tertiary/aromatic N) is 2. The highest BCUT2D eigenvalue weighted by Crippen LogP contribution is 2.45. The second-order valence-corrected chi connectivity index (χ2v) is 7.31. The highest BCUT2D eigenvalue weighted by Gasteiger charge is 2.30. The van der Waals surface area contributed by atoms with Gasteiger partial charge in [-0.1, -0.05) is 6.07 Å². The van der Waals surface area contributed by atoms with Crippen LogP contribution < -0.4 is 5.73 Å². The van der Waals surface area contributed by atoms with Crippen molar-refractivity contribution in [1.82, 2.24) is 9.55 Å². The van der Waals surface area contributed by atoms with E-state index >= 15 is 0 Å². The zero-order chi connectivity index (χ0) is 14.7. The van der Waals surface area contributed by atoms with Crippen LogP contribution in [0.5, 0.6) is 0 Å². The second-order valence-electron chi connectivity index (χ2n) is 6.05. The maximum absolute atomic E-state index is 6.28. The standard InChI is InChI=1S/C17H19N3S/c1-9-4-7-14-13(8-9)19-17(20(14)12-5-6-12)15-10(2)11(3)21-16(15)18/h4,7-8,12H,5-6,18H2,1-3H3. The third-order valence-electron chi connectivity index (χ3n) is 4.39. The van der Waals surface area contributed by atoms with Crippen LogP contribution >= 0.6 is 11.3 Å². The monoisotopic (exact) mass is 297 g/mol. The van der Waals surface area contributed by atoms with Gasteiger partial charge in [0.25, 0.3) is 0 Å². The van der Waals surface area contributed by atoms with Gasteiger partial charge in [-0.2, -0.15) is 0 Å². The quantitative estimate of drug-likeness (QED) is 0.751. The first-order valence-corrected chi connectivity index (χ1v) is 8.22. The van der Waals surface area contributed by atoms with Crippen LogP contribution in [0.3, 0.4) is 0 Å². The third kappa shape index (κ3) is 1.89. The molecule has 1 aromatic carbocycles. The fourth-order valence-corrected chi connectivity index (χ4v) is 3.95. The summed E-state index contributed by atoms with van der Waals surface area (Å²) in [6, 6.07) is 7.13. The minimum absolute atomic E-state index is 0.590. The first-order valence-electron chi connectivity index (χ1n) is 7.40. The Kier molecular flexibility index (Phi) is 2.67. The van der Waals surface area contributed by atoms with Gasteiger partial charge in [0.05, 0.1) is 21.6 Å². The van der Waals surface area contributed by atoms with E-state index in [9.17, 15) is 0 Å². The molecular weight excluding hydrogens is 278 g/mol. The van der Waals surface area contributed by atoms with Crippen molar-refractivity contribution >= 4 is 27.4 Å². The summed E-state index contributed by atoms with van der Waals surface area (Å²) < 4.78 is 2.40. The smallest absolute Gasteiger partial charge is 0.144 e. The van der Waals surface area contributed by atoms with Crippen LogP contribution in [0.2, 0.25) is 0 Å². The average molecular weight is 297 g/mol. The van der Waals surface area contributed by atoms with Crippen LogP contribution in [0.1, 0.15) is 34.9 Å². The third-order valence-corrected chi connectivity index (χ3v) is 5.43. The number of nitrogen functional groups attached to an aromatic ring is 1. The fourth-order valence-electron chi connectivity index (χ4n) is 3.02. The highest BCUT2D eigenvalue weighted by molar-refractivity contribution is 7.16. The van der Waals surface area contributed by atoms with E-state index in [1.807, 2.05) is 0 Å². The molecule has 1 saturated carbocycles. The zero-order valence-corrected chi connectivity index (χ0v) is 13.4. The Morgan fingerprint density at radius 3 is 2.62 bits per heavy atom. The molecule has 0 radical (unpaired) electrons. The molecule has 2 heterocycles. The predicted molar refractivity (Wildman–Crippen MR) is 89.9 cm³/mol. The number of fused-ring (bicyclic) bond motifs is 1. The maximum atomic E-state index is 6.28. The van der Waals surface area contributed by atoms with Crippen LogP contribution in [0.4, 0.5) is 5.00 Å². The van der Waals surface area contributed by atoms with Gasteiger partial charge in [0.1, 0.15) is 5.82 Å². The maximum Gasteiger partial charge on any atom is 0.144 e. The van der Waals surface area contributed by atoms with E-state index in [1.165, 1.54) is 34.4 Å². The van der Waals surface area contributed by atoms with Crippen molar-refractivity contribution in [3.63, 3.8) is 0 Å². The Balaban J connectivity index is 2.06. The van der Waals surface area contributed by atoms with Crippen molar-refractivity contribution in [3.05, 3.63) is 34.2 Å². The SMILES string of the molecule is Cc1ccc2c(c1)nc(-c1c(N)sc(C)c1C)n2C1CC1. The molecule has 0 aliphatic heterocycles. The van der Waals surface area contributed by atoms with E-state index in [4.69, 9.17) is 10.7 Å². The summed E-state index contributed by atoms with van der Waals surface area (Å²) in [5, 5.41) is 0.888. The number of benzene rings is 1. The van der Waals surface area contributed by atoms with Gasteiger partial charge in [-0.15, -0.1) is 11.3 Å². The van der Waals surface area contributed by atoms with Crippen molar-refractivity contribution in [3.8, 4) is 11.4 Å². The molecule has 2 N–H and O–H groups in total. The Hall–Kier alpha value is -1.81. The average Bonchev–Trinajstić information content (AvgIpc) is 3.15. The van der Waals surface area contributed by atoms with E-state index in [0.717, 1.165) is 21.9 Å². The topological polar surface area (TPSA) is 43.8 Å². The van der Waals surface area contributed by atoms with Crippen LogP contribution in [-0.4, -0.2) is 9.55 Å². The number of aryl methyl sites for hydroxylation is 2. The first-order chi connectivity index (χ1) is 10.1. The lowest BCUT2D eigenvalue weighted by atomic mass is 10.1. The number of imidazole rings is 1. The molecule has 1 aliphatic rings. The van der Waals surface area contributed by atoms with E-state index < -0.39 is 0 Å². The van der Waals surface area contributed by atoms with E-state index in [2.05, 4.69) is 43.5 Å². The van der Waals surface area contributed by atoms with Gasteiger partial charge < -0.3 is 10.3 Å². The molecule has 1 fully saturated rings. The van der Waals surface area contributed by atoms with Crippen molar-refractivity contribution in [2.45, 2.75) is 39.7 Å². The van der Waals surface area contributed by atoms with E-state index in [-0.39, 0.29) is 0 Å². The number of thiophene rings is 1. The number of hydrogen-bond acceptors (Lipinski definition) is 3. The summed E-state index contributed by atoms with van der Waals surface area (Å²) in [4.78, 5) is 6.21. The lowest BCUT2D eigenvalue weighted by Gasteiger charge is -2.08. The molecule has 108 valence electrons. The normalized spacial score (nSPS) is 15.0. The molecule has 3 aromatic rings. The van der Waals surface area contributed by atoms with Crippen molar-refractivity contribution in [1.29, 1.82) is 0 Å². The molecule has 0 amide bonds. The van der Waals surface area contributed by atoms with Gasteiger partial charge in [0.15, 0.2) is 0 Å². The number of aromatic nitrogens is 2. The van der Waals surface area contributed by atoms with E-state index in [1.54, 1.807) is 11.3 Å². The summed E-state index contributed by atoms with van der Waals surface area (Å²) in [6.07, 6.45) is 2.49. The summed E-state index contributed by atoms with van der Waals surface area (Å²) in [5.74, 6) is 1.05. The van der Waals surface area contributed by atoms with Gasteiger partial charge in [-0.25, -0.2) is 4.98 Å². The van der Waals surface area contributed by atoms with Crippen LogP contribution in [-0.2, 0) is 0 Å². The molecule has 0 unspecified atom stereocenters. The highest BCUT2D eigenvalue weighted by atomic mass is 32.1. The number of rotatable bonds is 2. The van der Waals surface area contributed by atoms with Crippen molar-refractivity contribution < 1.29 is 0 Å². The predicted octanol–water partition coefficient (Wildman–Crippen LogP) is 4.61. The van der Waals surface area contributed by atoms with Crippen LogP contribution in [0.25, 0.3) is 22.4 Å². The minimum atomic E-state index is 0.590. The molecular formula is C17H19N3S. The summed E-state index contributed by atoms with van der Waals surface area (Å²) in [5.41, 5.74) is 12.3. The molecule has 4 heteroatoms. The largest absolute Gasteiger partial charge is 0.390 e. The van der Waals surface area contributed by atoms with Gasteiger partial charge in [-0.05, 0) is 56.9 Å². The van der Waals surface area contributed by atoms with Gasteiger partial charge in [-0.3, -0.25) is 0 Å². The molecule has 3 nitrogen and oxygen atoms in total. The zero-order valence-electron chi connectivity index (χ0n) is 12.6. The van der Waals surface area contributed by atoms with Gasteiger partial charge >= 0.3 is 0 Å². The number of anilines is 1. The second kappa shape index (κ2) is 4.34. The molecule has 0 atom stereocenters. The lowest BCUT2D eigenvalue weighted by molar-refractivity contribution is 0.775. The Bertz CT molecular complexity index is 853. The molecule has 2 aromatic heterocycles. The molecule has 21 heavy (non-hydrogen) atoms. The number of nitrogens with two attached hydrogens (primary N) is 1. The lowest BCUT2D eigenvalue weighted by Crippen LogP contribution is -1.99. The molecule has 0 saturated heterocycles.